The highest BCUT2D eigenvalue weighted by atomic mass is 19.1. The van der Waals surface area contributed by atoms with Crippen molar-refractivity contribution in [3.8, 4) is 0 Å². The second-order valence-corrected chi connectivity index (χ2v) is 9.30. The number of nitro groups is 1. The Balaban J connectivity index is 1.40. The van der Waals surface area contributed by atoms with E-state index in [1.165, 1.54) is 44.6 Å². The topological polar surface area (TPSA) is 84.3 Å². The maximum atomic E-state index is 13.5. The number of nitro benzene ring substituents is 1. The van der Waals surface area contributed by atoms with E-state index in [1.807, 2.05) is 6.92 Å². The molecule has 152 valence electrons. The lowest BCUT2D eigenvalue weighted by Crippen LogP contribution is -2.57. The first-order valence-electron chi connectivity index (χ1n) is 10.3. The van der Waals surface area contributed by atoms with Gasteiger partial charge in [0, 0.05) is 17.8 Å². The Labute approximate surface area is 164 Å². The number of anilines is 1. The summed E-state index contributed by atoms with van der Waals surface area (Å²) >= 11 is 0. The summed E-state index contributed by atoms with van der Waals surface area (Å²) in [6.45, 7) is 4.00. The molecule has 4 aliphatic carbocycles. The second-order valence-electron chi connectivity index (χ2n) is 9.30. The van der Waals surface area contributed by atoms with E-state index in [2.05, 4.69) is 17.6 Å². The zero-order valence-corrected chi connectivity index (χ0v) is 16.4. The van der Waals surface area contributed by atoms with Crippen molar-refractivity contribution in [2.24, 2.45) is 23.2 Å². The van der Waals surface area contributed by atoms with Crippen molar-refractivity contribution in [2.75, 3.05) is 5.32 Å². The normalized spacial score (nSPS) is 32.8. The number of carbonyl (C=O) groups excluding carboxylic acids is 1. The molecule has 0 spiro atoms. The number of halogens is 1. The summed E-state index contributed by atoms with van der Waals surface area (Å²) in [5.41, 5.74) is -0.118. The molecule has 4 aliphatic rings. The maximum absolute atomic E-state index is 13.5. The first-order valence-corrected chi connectivity index (χ1v) is 10.3. The van der Waals surface area contributed by atoms with Crippen LogP contribution in [0.4, 0.5) is 15.8 Å². The van der Waals surface area contributed by atoms with Crippen LogP contribution in [0.25, 0.3) is 0 Å². The largest absolute Gasteiger partial charge is 0.324 e. The third-order valence-electron chi connectivity index (χ3n) is 7.31. The third kappa shape index (κ3) is 3.52. The predicted octanol–water partition coefficient (Wildman–Crippen LogP) is 4.26. The fraction of sp³-hybridized carbons (Fsp3) is 0.667. The van der Waals surface area contributed by atoms with Gasteiger partial charge >= 0.3 is 5.69 Å². The van der Waals surface area contributed by atoms with Gasteiger partial charge in [-0.2, -0.15) is 4.39 Å². The number of hydrogen-bond donors (Lipinski definition) is 2. The molecule has 6 nitrogen and oxygen atoms in total. The molecule has 28 heavy (non-hydrogen) atoms. The molecule has 1 amide bonds. The van der Waals surface area contributed by atoms with E-state index in [9.17, 15) is 19.3 Å². The fourth-order valence-corrected chi connectivity index (χ4v) is 6.32. The first-order chi connectivity index (χ1) is 13.3. The van der Waals surface area contributed by atoms with Gasteiger partial charge in [0.15, 0.2) is 0 Å². The monoisotopic (exact) mass is 389 g/mol. The van der Waals surface area contributed by atoms with Crippen molar-refractivity contribution >= 4 is 17.3 Å². The Morgan fingerprint density at radius 3 is 2.29 bits per heavy atom. The van der Waals surface area contributed by atoms with Crippen LogP contribution in [0.3, 0.4) is 0 Å². The Kier molecular flexibility index (Phi) is 4.89. The van der Waals surface area contributed by atoms with Gasteiger partial charge in [0.1, 0.15) is 0 Å². The summed E-state index contributed by atoms with van der Waals surface area (Å²) in [5.74, 6) is 1.36. The summed E-state index contributed by atoms with van der Waals surface area (Å²) < 4.78 is 13.5. The van der Waals surface area contributed by atoms with Crippen molar-refractivity contribution in [1.29, 1.82) is 0 Å². The van der Waals surface area contributed by atoms with Gasteiger partial charge < -0.3 is 10.6 Å². The third-order valence-corrected chi connectivity index (χ3v) is 7.31. The number of nitrogens with one attached hydrogen (secondary N) is 2. The molecule has 4 bridgehead atoms. The number of rotatable bonds is 6. The molecule has 0 radical (unpaired) electrons. The van der Waals surface area contributed by atoms with Gasteiger partial charge in [0.05, 0.1) is 11.0 Å². The Morgan fingerprint density at radius 1 is 1.18 bits per heavy atom. The van der Waals surface area contributed by atoms with Gasteiger partial charge in [0.2, 0.25) is 11.7 Å². The predicted molar refractivity (Wildman–Crippen MR) is 104 cm³/mol. The van der Waals surface area contributed by atoms with Gasteiger partial charge in [-0.3, -0.25) is 14.9 Å². The molecular formula is C21H28FN3O3. The number of nitrogens with zero attached hydrogens (tertiary/aromatic N) is 1. The molecule has 0 saturated heterocycles. The van der Waals surface area contributed by atoms with Crippen LogP contribution in [-0.4, -0.2) is 22.9 Å². The van der Waals surface area contributed by atoms with Crippen LogP contribution in [0.1, 0.15) is 52.4 Å². The highest BCUT2D eigenvalue weighted by molar-refractivity contribution is 5.94. The quantitative estimate of drug-likeness (QED) is 0.562. The molecule has 4 saturated carbocycles. The molecule has 1 aromatic carbocycles. The summed E-state index contributed by atoms with van der Waals surface area (Å²) in [6, 6.07) is 3.21. The van der Waals surface area contributed by atoms with E-state index >= 15 is 0 Å². The fourth-order valence-electron chi connectivity index (χ4n) is 6.32. The SMILES string of the molecule is C[C@H](N[C@H](C)C(=O)Nc1ccc(F)c([N+](=O)[O-])c1)C12CC3CC(CC(C3)C1)C2. The minimum Gasteiger partial charge on any atom is -0.324 e. The van der Waals surface area contributed by atoms with Crippen LogP contribution in [0.5, 0.6) is 0 Å². The number of carbonyl (C=O) groups is 1. The van der Waals surface area contributed by atoms with Crippen molar-refractivity contribution in [1.82, 2.24) is 5.32 Å². The zero-order chi connectivity index (χ0) is 20.1. The van der Waals surface area contributed by atoms with Crippen molar-refractivity contribution in [2.45, 2.75) is 64.5 Å². The van der Waals surface area contributed by atoms with E-state index in [1.54, 1.807) is 0 Å². The lowest BCUT2D eigenvalue weighted by Gasteiger charge is -2.59. The maximum Gasteiger partial charge on any atom is 0.306 e. The van der Waals surface area contributed by atoms with Gasteiger partial charge in [-0.05, 0) is 87.7 Å². The number of hydrogen-bond acceptors (Lipinski definition) is 4. The van der Waals surface area contributed by atoms with Crippen molar-refractivity contribution in [3.05, 3.63) is 34.1 Å². The highest BCUT2D eigenvalue weighted by Crippen LogP contribution is 2.61. The average Bonchev–Trinajstić information content (AvgIpc) is 2.61. The average molecular weight is 389 g/mol. The first kappa shape index (κ1) is 19.3. The van der Waals surface area contributed by atoms with Crippen LogP contribution in [0, 0.1) is 39.1 Å². The van der Waals surface area contributed by atoms with Gasteiger partial charge in [-0.25, -0.2) is 0 Å². The highest BCUT2D eigenvalue weighted by Gasteiger charge is 2.53. The second kappa shape index (κ2) is 7.10. The minimum atomic E-state index is -0.912. The van der Waals surface area contributed by atoms with Crippen molar-refractivity contribution < 1.29 is 14.1 Å². The van der Waals surface area contributed by atoms with E-state index in [4.69, 9.17) is 0 Å². The molecule has 0 unspecified atom stereocenters. The van der Waals surface area contributed by atoms with Crippen LogP contribution in [-0.2, 0) is 4.79 Å². The molecule has 0 aromatic heterocycles. The molecule has 2 N–H and O–H groups in total. The Hall–Kier alpha value is -2.02. The summed E-state index contributed by atoms with van der Waals surface area (Å²) in [5, 5.41) is 17.0. The van der Waals surface area contributed by atoms with Crippen molar-refractivity contribution in [3.63, 3.8) is 0 Å². The van der Waals surface area contributed by atoms with Gasteiger partial charge in [-0.1, -0.05) is 0 Å². The smallest absolute Gasteiger partial charge is 0.306 e. The molecule has 4 fully saturated rings. The molecule has 0 aliphatic heterocycles. The minimum absolute atomic E-state index is 0.231. The van der Waals surface area contributed by atoms with E-state index in [0.717, 1.165) is 29.9 Å². The molecule has 1 aromatic rings. The lowest BCUT2D eigenvalue weighted by molar-refractivity contribution is -0.387. The van der Waals surface area contributed by atoms with E-state index in [-0.39, 0.29) is 23.1 Å². The summed E-state index contributed by atoms with van der Waals surface area (Å²) in [6.07, 6.45) is 7.91. The van der Waals surface area contributed by atoms with Gasteiger partial charge in [0.25, 0.3) is 0 Å². The van der Waals surface area contributed by atoms with E-state index in [0.29, 0.717) is 0 Å². The van der Waals surface area contributed by atoms with Crippen LogP contribution < -0.4 is 10.6 Å². The lowest BCUT2D eigenvalue weighted by atomic mass is 9.48. The van der Waals surface area contributed by atoms with Crippen LogP contribution in [0.2, 0.25) is 0 Å². The molecule has 5 rings (SSSR count). The standard InChI is InChI=1S/C21H28FN3O3/c1-12(20(26)24-17-3-4-18(22)19(8-17)25(27)28)23-13(2)21-9-14-5-15(10-21)7-16(6-14)11-21/h3-4,8,12-16,23H,5-7,9-11H2,1-2H3,(H,24,26)/t12-,13+,14?,15?,16?,21?/m1/s1. The number of amides is 1. The summed E-state index contributed by atoms with van der Waals surface area (Å²) in [7, 11) is 0. The van der Waals surface area contributed by atoms with Gasteiger partial charge in [-0.15, -0.1) is 0 Å². The zero-order valence-electron chi connectivity index (χ0n) is 16.4. The molecule has 2 atom stereocenters. The van der Waals surface area contributed by atoms with Crippen LogP contribution >= 0.6 is 0 Å². The Bertz CT molecular complexity index is 762. The molecule has 0 heterocycles. The molecular weight excluding hydrogens is 361 g/mol. The summed E-state index contributed by atoms with van der Waals surface area (Å²) in [4.78, 5) is 22.7. The number of benzene rings is 1. The van der Waals surface area contributed by atoms with Crippen LogP contribution in [0.15, 0.2) is 18.2 Å². The molecule has 7 heteroatoms. The Morgan fingerprint density at radius 2 is 1.75 bits per heavy atom. The van der Waals surface area contributed by atoms with E-state index < -0.39 is 22.5 Å².